The average molecular weight is 373 g/mol. The van der Waals surface area contributed by atoms with Crippen molar-refractivity contribution in [3.05, 3.63) is 48.5 Å². The van der Waals surface area contributed by atoms with Crippen molar-refractivity contribution >= 4 is 38.0 Å². The van der Waals surface area contributed by atoms with Crippen molar-refractivity contribution in [1.82, 2.24) is 0 Å². The van der Waals surface area contributed by atoms with Gasteiger partial charge in [-0.05, 0) is 41.8 Å². The molecule has 0 aliphatic heterocycles. The highest BCUT2D eigenvalue weighted by Gasteiger charge is 2.22. The molecule has 0 saturated heterocycles. The van der Waals surface area contributed by atoms with E-state index >= 15 is 0 Å². The zero-order valence-corrected chi connectivity index (χ0v) is 14.4. The molecular weight excluding hydrogens is 358 g/mol. The summed E-state index contributed by atoms with van der Waals surface area (Å²) in [4.78, 5) is -0.588. The Morgan fingerprint density at radius 1 is 1.00 bits per heavy atom. The number of anilines is 1. The Morgan fingerprint density at radius 2 is 1.73 bits per heavy atom. The number of aromatic hydroxyl groups is 2. The van der Waals surface area contributed by atoms with Crippen LogP contribution in [0.25, 0.3) is 10.8 Å². The van der Waals surface area contributed by atoms with Crippen molar-refractivity contribution in [1.29, 1.82) is 0 Å². The van der Waals surface area contributed by atoms with Gasteiger partial charge in [0, 0.05) is 18.1 Å². The number of phenolic OH excluding ortho intramolecular Hbond substituents is 2. The van der Waals surface area contributed by atoms with Crippen molar-refractivity contribution in [2.24, 2.45) is 10.2 Å². The summed E-state index contributed by atoms with van der Waals surface area (Å²) >= 11 is 0. The number of azo groups is 1. The molecule has 0 amide bonds. The Balaban J connectivity index is 2.26. The van der Waals surface area contributed by atoms with Crippen LogP contribution in [0.3, 0.4) is 0 Å². The second-order valence-electron chi connectivity index (χ2n) is 5.42. The molecule has 3 aromatic rings. The minimum absolute atomic E-state index is 0.0822. The number of nitrogens with zero attached hydrogens (tertiary/aromatic N) is 2. The van der Waals surface area contributed by atoms with Gasteiger partial charge in [-0.25, -0.2) is 0 Å². The second kappa shape index (κ2) is 6.62. The molecule has 4 N–H and O–H groups in total. The Kier molecular flexibility index (Phi) is 4.49. The van der Waals surface area contributed by atoms with E-state index in [4.69, 9.17) is 0 Å². The van der Waals surface area contributed by atoms with Crippen LogP contribution < -0.4 is 5.32 Å². The van der Waals surface area contributed by atoms with Crippen LogP contribution in [0.1, 0.15) is 0 Å². The molecule has 0 fully saturated rings. The first kappa shape index (κ1) is 17.6. The third-order valence-corrected chi connectivity index (χ3v) is 4.62. The van der Waals surface area contributed by atoms with Gasteiger partial charge >= 0.3 is 0 Å². The molecule has 26 heavy (non-hydrogen) atoms. The maximum Gasteiger partial charge on any atom is 0.296 e. The number of hydrogen-bond donors (Lipinski definition) is 4. The zero-order chi connectivity index (χ0) is 18.9. The minimum atomic E-state index is -4.68. The van der Waals surface area contributed by atoms with Gasteiger partial charge in [0.25, 0.3) is 10.1 Å². The molecule has 0 radical (unpaired) electrons. The molecule has 0 spiro atoms. The monoisotopic (exact) mass is 373 g/mol. The molecule has 9 heteroatoms. The summed E-state index contributed by atoms with van der Waals surface area (Å²) in [5.74, 6) is -0.611. The standard InChI is InChI=1S/C17H15N3O5S/c1-18-11-6-7-12-10(8-11)9-15(26(23,24)25)16(17(12)22)20-19-13-4-2-3-5-14(13)21/h2-9,18,21-22H,1H3,(H,23,24,25). The lowest BCUT2D eigenvalue weighted by Crippen LogP contribution is -1.99. The summed E-state index contributed by atoms with van der Waals surface area (Å²) in [5.41, 5.74) is 0.362. The van der Waals surface area contributed by atoms with E-state index in [0.717, 1.165) is 0 Å². The smallest absolute Gasteiger partial charge is 0.296 e. The highest BCUT2D eigenvalue weighted by atomic mass is 32.2. The van der Waals surface area contributed by atoms with E-state index in [1.165, 1.54) is 18.2 Å². The van der Waals surface area contributed by atoms with E-state index < -0.39 is 26.5 Å². The second-order valence-corrected chi connectivity index (χ2v) is 6.81. The molecule has 0 unspecified atom stereocenters. The topological polar surface area (TPSA) is 132 Å². The van der Waals surface area contributed by atoms with Crippen LogP contribution in [0.2, 0.25) is 0 Å². The van der Waals surface area contributed by atoms with Crippen molar-refractivity contribution in [2.75, 3.05) is 12.4 Å². The van der Waals surface area contributed by atoms with E-state index in [9.17, 15) is 23.2 Å². The summed E-state index contributed by atoms with van der Waals surface area (Å²) in [7, 11) is -2.98. The number of benzene rings is 3. The molecule has 0 aromatic heterocycles. The summed E-state index contributed by atoms with van der Waals surface area (Å²) < 4.78 is 33.0. The molecule has 0 bridgehead atoms. The predicted octanol–water partition coefficient (Wildman–Crippen LogP) is 3.95. The molecule has 3 aromatic carbocycles. The number of fused-ring (bicyclic) bond motifs is 1. The fourth-order valence-corrected chi connectivity index (χ4v) is 3.11. The summed E-state index contributed by atoms with van der Waals surface area (Å²) in [5, 5.41) is 31.4. The first-order valence-corrected chi connectivity index (χ1v) is 8.90. The molecule has 3 rings (SSSR count). The first-order chi connectivity index (χ1) is 12.3. The molecular formula is C17H15N3O5S. The molecule has 134 valence electrons. The largest absolute Gasteiger partial charge is 0.506 e. The highest BCUT2D eigenvalue weighted by molar-refractivity contribution is 7.86. The molecule has 0 saturated carbocycles. The lowest BCUT2D eigenvalue weighted by Gasteiger charge is -2.10. The Labute approximate surface area is 149 Å². The van der Waals surface area contributed by atoms with Gasteiger partial charge in [-0.15, -0.1) is 10.2 Å². The van der Waals surface area contributed by atoms with Crippen LogP contribution in [-0.2, 0) is 10.1 Å². The molecule has 0 atom stereocenters. The van der Waals surface area contributed by atoms with Gasteiger partial charge in [0.1, 0.15) is 22.0 Å². The Bertz CT molecular complexity index is 1130. The fourth-order valence-electron chi connectivity index (χ4n) is 2.45. The molecule has 0 aliphatic carbocycles. The number of hydrogen-bond acceptors (Lipinski definition) is 7. The highest BCUT2D eigenvalue weighted by Crippen LogP contribution is 2.42. The van der Waals surface area contributed by atoms with Crippen molar-refractivity contribution < 1.29 is 23.2 Å². The van der Waals surface area contributed by atoms with Crippen LogP contribution in [0.15, 0.2) is 63.7 Å². The Hall–Kier alpha value is -3.17. The average Bonchev–Trinajstić information content (AvgIpc) is 2.60. The quantitative estimate of drug-likeness (QED) is 0.404. The Morgan fingerprint density at radius 3 is 2.38 bits per heavy atom. The van der Waals surface area contributed by atoms with Gasteiger partial charge in [0.15, 0.2) is 5.75 Å². The van der Waals surface area contributed by atoms with Gasteiger partial charge in [0.2, 0.25) is 0 Å². The third kappa shape index (κ3) is 3.30. The number of para-hydroxylation sites is 1. The van der Waals surface area contributed by atoms with Crippen molar-refractivity contribution in [2.45, 2.75) is 4.90 Å². The molecule has 8 nitrogen and oxygen atoms in total. The summed E-state index contributed by atoms with van der Waals surface area (Å²) in [6.45, 7) is 0. The van der Waals surface area contributed by atoms with Gasteiger partial charge < -0.3 is 15.5 Å². The number of rotatable bonds is 4. The van der Waals surface area contributed by atoms with E-state index in [1.807, 2.05) is 0 Å². The van der Waals surface area contributed by atoms with Crippen molar-refractivity contribution in [3.8, 4) is 11.5 Å². The van der Waals surface area contributed by atoms with Gasteiger partial charge in [-0.1, -0.05) is 12.1 Å². The molecule has 0 heterocycles. The van der Waals surface area contributed by atoms with E-state index in [1.54, 1.807) is 37.4 Å². The van der Waals surface area contributed by atoms with Crippen LogP contribution in [-0.4, -0.2) is 30.2 Å². The van der Waals surface area contributed by atoms with Crippen LogP contribution in [0.4, 0.5) is 17.1 Å². The maximum absolute atomic E-state index is 11.8. The summed E-state index contributed by atoms with van der Waals surface area (Å²) in [6, 6.07) is 12.1. The maximum atomic E-state index is 11.8. The van der Waals surface area contributed by atoms with Gasteiger partial charge in [-0.2, -0.15) is 8.42 Å². The predicted molar refractivity (Wildman–Crippen MR) is 97.3 cm³/mol. The van der Waals surface area contributed by atoms with Crippen LogP contribution >= 0.6 is 0 Å². The van der Waals surface area contributed by atoms with Gasteiger partial charge in [0.05, 0.1) is 0 Å². The van der Waals surface area contributed by atoms with E-state index in [0.29, 0.717) is 16.5 Å². The van der Waals surface area contributed by atoms with Crippen molar-refractivity contribution in [3.63, 3.8) is 0 Å². The number of nitrogens with one attached hydrogen (secondary N) is 1. The van der Waals surface area contributed by atoms with Crippen LogP contribution in [0.5, 0.6) is 11.5 Å². The van der Waals surface area contributed by atoms with E-state index in [2.05, 4.69) is 15.5 Å². The van der Waals surface area contributed by atoms with Crippen LogP contribution in [0, 0.1) is 0 Å². The molecule has 0 aliphatic rings. The summed E-state index contributed by atoms with van der Waals surface area (Å²) in [6.07, 6.45) is 0. The van der Waals surface area contributed by atoms with E-state index in [-0.39, 0.29) is 11.4 Å². The lowest BCUT2D eigenvalue weighted by atomic mass is 10.1. The third-order valence-electron chi connectivity index (χ3n) is 3.76. The fraction of sp³-hybridized carbons (Fsp3) is 0.0588. The SMILES string of the molecule is CNc1ccc2c(O)c(N=Nc3ccccc3O)c(S(=O)(=O)O)cc2c1. The lowest BCUT2D eigenvalue weighted by molar-refractivity contribution is 0.471. The van der Waals surface area contributed by atoms with Gasteiger partial charge in [-0.3, -0.25) is 4.55 Å². The normalized spacial score (nSPS) is 11.9. The first-order valence-electron chi connectivity index (χ1n) is 7.46. The zero-order valence-electron chi connectivity index (χ0n) is 13.6. The number of phenols is 2. The minimum Gasteiger partial charge on any atom is -0.506 e.